The van der Waals surface area contributed by atoms with Crippen LogP contribution in [0.3, 0.4) is 0 Å². The number of rotatable bonds is 6. The van der Waals surface area contributed by atoms with E-state index in [0.29, 0.717) is 6.04 Å². The number of ether oxygens (including phenoxy) is 2. The summed E-state index contributed by atoms with van der Waals surface area (Å²) >= 11 is 0. The second-order valence-electron chi connectivity index (χ2n) is 5.78. The van der Waals surface area contributed by atoms with Gasteiger partial charge in [0.15, 0.2) is 0 Å². The molecule has 2 fully saturated rings. The lowest BCUT2D eigenvalue weighted by molar-refractivity contribution is -0.104. The van der Waals surface area contributed by atoms with Crippen LogP contribution in [0.4, 0.5) is 0 Å². The minimum absolute atomic E-state index is 0.271. The van der Waals surface area contributed by atoms with Gasteiger partial charge in [0.2, 0.25) is 0 Å². The molecule has 1 N–H and O–H groups in total. The quantitative estimate of drug-likeness (QED) is 0.791. The highest BCUT2D eigenvalue weighted by atomic mass is 16.6. The Bertz CT molecular complexity index is 211. The third-order valence-electron chi connectivity index (χ3n) is 4.26. The zero-order chi connectivity index (χ0) is 12.6. The molecule has 3 nitrogen and oxygen atoms in total. The summed E-state index contributed by atoms with van der Waals surface area (Å²) < 4.78 is 11.5. The van der Waals surface area contributed by atoms with E-state index in [4.69, 9.17) is 9.47 Å². The molecule has 0 aromatic carbocycles. The molecule has 0 aromatic heterocycles. The van der Waals surface area contributed by atoms with Gasteiger partial charge in [-0.3, -0.25) is 0 Å². The van der Waals surface area contributed by atoms with Crippen LogP contribution in [0, 0.1) is 5.92 Å². The van der Waals surface area contributed by atoms with Gasteiger partial charge in [0.25, 0.3) is 0 Å². The van der Waals surface area contributed by atoms with Gasteiger partial charge in [0.1, 0.15) is 0 Å². The second kappa shape index (κ2) is 8.13. The molecule has 0 aromatic rings. The van der Waals surface area contributed by atoms with Crippen LogP contribution in [0.2, 0.25) is 0 Å². The molecule has 2 atom stereocenters. The molecule has 1 aliphatic heterocycles. The summed E-state index contributed by atoms with van der Waals surface area (Å²) in [6.07, 6.45) is 9.85. The average molecular weight is 255 g/mol. The molecular formula is C15H29NO2. The third kappa shape index (κ3) is 4.52. The van der Waals surface area contributed by atoms with E-state index in [1.165, 1.54) is 44.9 Å². The van der Waals surface area contributed by atoms with Crippen LogP contribution in [0.25, 0.3) is 0 Å². The van der Waals surface area contributed by atoms with Crippen molar-refractivity contribution >= 4 is 0 Å². The highest BCUT2D eigenvalue weighted by molar-refractivity contribution is 4.82. The van der Waals surface area contributed by atoms with E-state index in [0.717, 1.165) is 32.3 Å². The van der Waals surface area contributed by atoms with Crippen molar-refractivity contribution in [1.29, 1.82) is 0 Å². The van der Waals surface area contributed by atoms with Crippen molar-refractivity contribution in [2.24, 2.45) is 5.92 Å². The fourth-order valence-corrected chi connectivity index (χ4v) is 3.22. The molecule has 0 bridgehead atoms. The van der Waals surface area contributed by atoms with E-state index in [1.54, 1.807) is 0 Å². The fourth-order valence-electron chi connectivity index (χ4n) is 3.22. The molecule has 1 heterocycles. The molecule has 0 radical (unpaired) electrons. The fraction of sp³-hybridized carbons (Fsp3) is 1.00. The molecule has 18 heavy (non-hydrogen) atoms. The highest BCUT2D eigenvalue weighted by Crippen LogP contribution is 2.28. The Morgan fingerprint density at radius 3 is 2.67 bits per heavy atom. The number of hydrogen-bond acceptors (Lipinski definition) is 3. The molecule has 0 spiro atoms. The first-order valence-corrected chi connectivity index (χ1v) is 7.83. The summed E-state index contributed by atoms with van der Waals surface area (Å²) in [6.45, 7) is 5.62. The molecule has 0 amide bonds. The highest BCUT2D eigenvalue weighted by Gasteiger charge is 2.27. The third-order valence-corrected chi connectivity index (χ3v) is 4.26. The second-order valence-corrected chi connectivity index (χ2v) is 5.78. The summed E-state index contributed by atoms with van der Waals surface area (Å²) in [7, 11) is 0. The maximum atomic E-state index is 5.89. The minimum atomic E-state index is 0.271. The zero-order valence-corrected chi connectivity index (χ0v) is 11.8. The van der Waals surface area contributed by atoms with Crippen LogP contribution in [0.1, 0.15) is 51.9 Å². The SMILES string of the molecule is CCCNC(CC1CCCCC1)C1COCCO1. The minimum Gasteiger partial charge on any atom is -0.376 e. The lowest BCUT2D eigenvalue weighted by Gasteiger charge is -2.34. The predicted octanol–water partition coefficient (Wildman–Crippen LogP) is 2.74. The Balaban J connectivity index is 1.82. The predicted molar refractivity (Wildman–Crippen MR) is 73.8 cm³/mol. The standard InChI is InChI=1S/C15H29NO2/c1-2-8-16-14(15-12-17-9-10-18-15)11-13-6-4-3-5-7-13/h13-16H,2-12H2,1H3. The molecule has 1 aliphatic carbocycles. The van der Waals surface area contributed by atoms with Crippen LogP contribution in [-0.4, -0.2) is 38.5 Å². The molecule has 1 saturated heterocycles. The van der Waals surface area contributed by atoms with Gasteiger partial charge < -0.3 is 14.8 Å². The van der Waals surface area contributed by atoms with Crippen LogP contribution >= 0.6 is 0 Å². The lowest BCUT2D eigenvalue weighted by atomic mass is 9.83. The van der Waals surface area contributed by atoms with Gasteiger partial charge in [0.05, 0.1) is 25.9 Å². The van der Waals surface area contributed by atoms with Gasteiger partial charge in [-0.15, -0.1) is 0 Å². The number of hydrogen-bond donors (Lipinski definition) is 1. The van der Waals surface area contributed by atoms with E-state index >= 15 is 0 Å². The molecular weight excluding hydrogens is 226 g/mol. The summed E-state index contributed by atoms with van der Waals surface area (Å²) in [6, 6.07) is 0.494. The summed E-state index contributed by atoms with van der Waals surface area (Å²) in [5.41, 5.74) is 0. The van der Waals surface area contributed by atoms with Crippen molar-refractivity contribution in [2.45, 2.75) is 64.0 Å². The van der Waals surface area contributed by atoms with Crippen molar-refractivity contribution in [1.82, 2.24) is 5.32 Å². The maximum Gasteiger partial charge on any atom is 0.0962 e. The smallest absolute Gasteiger partial charge is 0.0962 e. The first kappa shape index (κ1) is 14.3. The van der Waals surface area contributed by atoms with Crippen LogP contribution in [-0.2, 0) is 9.47 Å². The van der Waals surface area contributed by atoms with Crippen LogP contribution in [0.15, 0.2) is 0 Å². The van der Waals surface area contributed by atoms with E-state index in [-0.39, 0.29) is 6.10 Å². The normalized spacial score (nSPS) is 28.2. The van der Waals surface area contributed by atoms with Gasteiger partial charge in [-0.05, 0) is 25.3 Å². The molecule has 3 heteroatoms. The van der Waals surface area contributed by atoms with Gasteiger partial charge in [-0.25, -0.2) is 0 Å². The molecule has 2 rings (SSSR count). The van der Waals surface area contributed by atoms with Crippen LogP contribution < -0.4 is 5.32 Å². The summed E-state index contributed by atoms with van der Waals surface area (Å²) in [5.74, 6) is 0.902. The van der Waals surface area contributed by atoms with E-state index < -0.39 is 0 Å². The van der Waals surface area contributed by atoms with Crippen molar-refractivity contribution in [3.05, 3.63) is 0 Å². The van der Waals surface area contributed by atoms with Gasteiger partial charge in [-0.1, -0.05) is 39.0 Å². The first-order valence-electron chi connectivity index (χ1n) is 7.83. The maximum absolute atomic E-state index is 5.89. The van der Waals surface area contributed by atoms with E-state index in [9.17, 15) is 0 Å². The summed E-state index contributed by atoms with van der Waals surface area (Å²) in [4.78, 5) is 0. The Kier molecular flexibility index (Phi) is 6.46. The van der Waals surface area contributed by atoms with Gasteiger partial charge >= 0.3 is 0 Å². The lowest BCUT2D eigenvalue weighted by Crippen LogP contribution is -2.48. The Morgan fingerprint density at radius 1 is 1.17 bits per heavy atom. The first-order chi connectivity index (χ1) is 8.90. The molecule has 2 unspecified atom stereocenters. The van der Waals surface area contributed by atoms with Gasteiger partial charge in [0, 0.05) is 6.04 Å². The Labute approximate surface area is 112 Å². The molecule has 1 saturated carbocycles. The van der Waals surface area contributed by atoms with Crippen LogP contribution in [0.5, 0.6) is 0 Å². The Morgan fingerprint density at radius 2 is 2.00 bits per heavy atom. The van der Waals surface area contributed by atoms with Crippen molar-refractivity contribution in [3.8, 4) is 0 Å². The molecule has 2 aliphatic rings. The monoisotopic (exact) mass is 255 g/mol. The molecule has 106 valence electrons. The van der Waals surface area contributed by atoms with Gasteiger partial charge in [-0.2, -0.15) is 0 Å². The topological polar surface area (TPSA) is 30.5 Å². The Hall–Kier alpha value is -0.120. The van der Waals surface area contributed by atoms with Crippen molar-refractivity contribution in [3.63, 3.8) is 0 Å². The number of nitrogens with one attached hydrogen (secondary N) is 1. The zero-order valence-electron chi connectivity index (χ0n) is 11.8. The van der Waals surface area contributed by atoms with Crippen molar-refractivity contribution < 1.29 is 9.47 Å². The largest absolute Gasteiger partial charge is 0.376 e. The summed E-state index contributed by atoms with van der Waals surface area (Å²) in [5, 5.41) is 3.68. The average Bonchev–Trinajstić information content (AvgIpc) is 2.45. The van der Waals surface area contributed by atoms with E-state index in [2.05, 4.69) is 12.2 Å². The van der Waals surface area contributed by atoms with Crippen molar-refractivity contribution in [2.75, 3.05) is 26.4 Å². The van der Waals surface area contributed by atoms with E-state index in [1.807, 2.05) is 0 Å².